The summed E-state index contributed by atoms with van der Waals surface area (Å²) in [7, 11) is 1.16. The maximum absolute atomic E-state index is 14.5. The number of hydrogen-bond donors (Lipinski definition) is 1. The fourth-order valence-corrected chi connectivity index (χ4v) is 3.45. The van der Waals surface area contributed by atoms with E-state index in [0.29, 0.717) is 11.5 Å². The summed E-state index contributed by atoms with van der Waals surface area (Å²) in [6, 6.07) is 6.57. The second-order valence-electron chi connectivity index (χ2n) is 6.93. The summed E-state index contributed by atoms with van der Waals surface area (Å²) < 4.78 is 56.3. The minimum absolute atomic E-state index is 0.0396. The van der Waals surface area contributed by atoms with Gasteiger partial charge in [0.05, 0.1) is 11.3 Å². The van der Waals surface area contributed by atoms with Gasteiger partial charge in [-0.25, -0.2) is 0 Å². The van der Waals surface area contributed by atoms with E-state index in [1.54, 1.807) is 18.2 Å². The number of hydrogen-bond acceptors (Lipinski definition) is 1. The van der Waals surface area contributed by atoms with Crippen molar-refractivity contribution in [1.82, 2.24) is 4.57 Å². The number of benzene rings is 1. The lowest BCUT2D eigenvalue weighted by Crippen LogP contribution is -2.19. The number of nitrogens with two attached hydrogens (primary N) is 1. The van der Waals surface area contributed by atoms with E-state index in [1.165, 1.54) is 6.07 Å². The predicted molar refractivity (Wildman–Crippen MR) is 92.2 cm³/mol. The first-order valence-electron chi connectivity index (χ1n) is 8.31. The predicted octanol–water partition coefficient (Wildman–Crippen LogP) is 5.10. The molecule has 26 heavy (non-hydrogen) atoms. The lowest BCUT2D eigenvalue weighted by molar-refractivity contribution is -0.137. The Morgan fingerprint density at radius 1 is 1.19 bits per heavy atom. The zero-order chi connectivity index (χ0) is 19.8. The lowest BCUT2D eigenvalue weighted by atomic mass is 9.87. The standard InChI is InChI=1S/C19H22F4N2O/c1-10(2)9-11(3)12-7-5-6-8-13(12)16-15(19(21,22)23)14(18(24)26)17(20)25(16)4/h5-8,10-11H,9H2,1-4H3,(H2,24,26). The molecule has 1 unspecified atom stereocenters. The summed E-state index contributed by atoms with van der Waals surface area (Å²) in [5.41, 5.74) is 3.14. The molecular weight excluding hydrogens is 348 g/mol. The summed E-state index contributed by atoms with van der Waals surface area (Å²) in [6.07, 6.45) is -4.16. The van der Waals surface area contributed by atoms with Crippen molar-refractivity contribution in [2.75, 3.05) is 0 Å². The van der Waals surface area contributed by atoms with Crippen LogP contribution >= 0.6 is 0 Å². The van der Waals surface area contributed by atoms with Crippen molar-refractivity contribution in [3.63, 3.8) is 0 Å². The fourth-order valence-electron chi connectivity index (χ4n) is 3.45. The summed E-state index contributed by atoms with van der Waals surface area (Å²) in [4.78, 5) is 11.5. The van der Waals surface area contributed by atoms with Crippen molar-refractivity contribution in [3.8, 4) is 11.3 Å². The summed E-state index contributed by atoms with van der Waals surface area (Å²) >= 11 is 0. The summed E-state index contributed by atoms with van der Waals surface area (Å²) in [5, 5.41) is 0. The highest BCUT2D eigenvalue weighted by Crippen LogP contribution is 2.44. The lowest BCUT2D eigenvalue weighted by Gasteiger charge is -2.20. The van der Waals surface area contributed by atoms with Gasteiger partial charge in [0.1, 0.15) is 5.56 Å². The van der Waals surface area contributed by atoms with Crippen LogP contribution in [0, 0.1) is 11.9 Å². The van der Waals surface area contributed by atoms with Crippen molar-refractivity contribution in [2.24, 2.45) is 18.7 Å². The van der Waals surface area contributed by atoms with Crippen LogP contribution in [0.5, 0.6) is 0 Å². The zero-order valence-corrected chi connectivity index (χ0v) is 15.1. The van der Waals surface area contributed by atoms with Gasteiger partial charge in [0, 0.05) is 12.6 Å². The number of aromatic nitrogens is 1. The molecule has 0 aliphatic carbocycles. The first-order chi connectivity index (χ1) is 12.0. The molecular formula is C19H22F4N2O. The van der Waals surface area contributed by atoms with Crippen molar-refractivity contribution < 1.29 is 22.4 Å². The van der Waals surface area contributed by atoms with E-state index in [4.69, 9.17) is 5.73 Å². The van der Waals surface area contributed by atoms with Crippen LogP contribution in [0.2, 0.25) is 0 Å². The number of halogens is 4. The van der Waals surface area contributed by atoms with Crippen LogP contribution in [0.1, 0.15) is 54.6 Å². The Morgan fingerprint density at radius 2 is 1.77 bits per heavy atom. The summed E-state index contributed by atoms with van der Waals surface area (Å²) in [5.74, 6) is -2.43. The van der Waals surface area contributed by atoms with Crippen LogP contribution in [0.4, 0.5) is 17.6 Å². The van der Waals surface area contributed by atoms with Crippen LogP contribution < -0.4 is 5.73 Å². The Morgan fingerprint density at radius 3 is 2.27 bits per heavy atom. The van der Waals surface area contributed by atoms with Gasteiger partial charge in [0.2, 0.25) is 5.95 Å². The molecule has 0 spiro atoms. The quantitative estimate of drug-likeness (QED) is 0.732. The molecule has 3 nitrogen and oxygen atoms in total. The highest BCUT2D eigenvalue weighted by Gasteiger charge is 2.43. The first-order valence-corrected chi connectivity index (χ1v) is 8.31. The number of carbonyl (C=O) groups is 1. The van der Waals surface area contributed by atoms with Crippen molar-refractivity contribution in [2.45, 2.75) is 39.3 Å². The largest absolute Gasteiger partial charge is 0.419 e. The molecule has 142 valence electrons. The zero-order valence-electron chi connectivity index (χ0n) is 15.1. The van der Waals surface area contributed by atoms with E-state index < -0.39 is 29.2 Å². The molecule has 0 radical (unpaired) electrons. The van der Waals surface area contributed by atoms with Gasteiger partial charge in [-0.3, -0.25) is 4.79 Å². The second-order valence-corrected chi connectivity index (χ2v) is 6.93. The minimum atomic E-state index is -4.92. The molecule has 0 aliphatic heterocycles. The van der Waals surface area contributed by atoms with Gasteiger partial charge in [0.25, 0.3) is 5.91 Å². The Hall–Kier alpha value is -2.31. The molecule has 1 aromatic heterocycles. The Balaban J connectivity index is 2.83. The molecule has 1 amide bonds. The summed E-state index contributed by atoms with van der Waals surface area (Å²) in [6.45, 7) is 5.96. The molecule has 1 aromatic carbocycles. The van der Waals surface area contributed by atoms with Gasteiger partial charge in [0.15, 0.2) is 0 Å². The van der Waals surface area contributed by atoms with E-state index in [2.05, 4.69) is 0 Å². The van der Waals surface area contributed by atoms with Crippen molar-refractivity contribution in [3.05, 3.63) is 46.9 Å². The molecule has 0 fully saturated rings. The highest BCUT2D eigenvalue weighted by molar-refractivity contribution is 5.97. The number of primary amides is 1. The van der Waals surface area contributed by atoms with E-state index >= 15 is 0 Å². The fraction of sp³-hybridized carbons (Fsp3) is 0.421. The van der Waals surface area contributed by atoms with Crippen LogP contribution in [-0.2, 0) is 13.2 Å². The van der Waals surface area contributed by atoms with Crippen LogP contribution in [0.3, 0.4) is 0 Å². The average molecular weight is 370 g/mol. The van der Waals surface area contributed by atoms with Crippen molar-refractivity contribution in [1.29, 1.82) is 0 Å². The molecule has 0 saturated heterocycles. The monoisotopic (exact) mass is 370 g/mol. The Labute approximate surface area is 149 Å². The Kier molecular flexibility index (Phi) is 5.49. The van der Waals surface area contributed by atoms with Crippen LogP contribution in [-0.4, -0.2) is 10.5 Å². The maximum Gasteiger partial charge on any atom is 0.419 e. The van der Waals surface area contributed by atoms with Gasteiger partial charge in [-0.05, 0) is 23.8 Å². The molecule has 0 bridgehead atoms. The van der Waals surface area contributed by atoms with E-state index in [1.807, 2.05) is 20.8 Å². The van der Waals surface area contributed by atoms with E-state index in [0.717, 1.165) is 18.0 Å². The molecule has 1 atom stereocenters. The van der Waals surface area contributed by atoms with Gasteiger partial charge in [-0.1, -0.05) is 45.0 Å². The number of amides is 1. The molecule has 1 heterocycles. The van der Waals surface area contributed by atoms with Gasteiger partial charge < -0.3 is 10.3 Å². The first kappa shape index (κ1) is 20.0. The number of carbonyl (C=O) groups excluding carboxylic acids is 1. The number of rotatable bonds is 5. The smallest absolute Gasteiger partial charge is 0.365 e. The second kappa shape index (κ2) is 7.13. The number of alkyl halides is 3. The molecule has 2 rings (SSSR count). The third-order valence-corrected chi connectivity index (χ3v) is 4.42. The highest BCUT2D eigenvalue weighted by atomic mass is 19.4. The number of nitrogens with zero attached hydrogens (tertiary/aromatic N) is 1. The van der Waals surface area contributed by atoms with Gasteiger partial charge in [-0.15, -0.1) is 0 Å². The van der Waals surface area contributed by atoms with E-state index in [-0.39, 0.29) is 17.2 Å². The topological polar surface area (TPSA) is 48.0 Å². The normalized spacial score (nSPS) is 13.3. The van der Waals surface area contributed by atoms with E-state index in [9.17, 15) is 22.4 Å². The SMILES string of the molecule is CC(C)CC(C)c1ccccc1-c1c(C(F)(F)F)c(C(N)=O)c(F)n1C. The molecule has 7 heteroatoms. The van der Waals surface area contributed by atoms with Crippen LogP contribution in [0.15, 0.2) is 24.3 Å². The molecule has 2 aromatic rings. The third-order valence-electron chi connectivity index (χ3n) is 4.42. The van der Waals surface area contributed by atoms with Gasteiger partial charge in [-0.2, -0.15) is 17.6 Å². The average Bonchev–Trinajstić information content (AvgIpc) is 2.79. The van der Waals surface area contributed by atoms with Gasteiger partial charge >= 0.3 is 6.18 Å². The minimum Gasteiger partial charge on any atom is -0.365 e. The third kappa shape index (κ3) is 3.61. The molecule has 0 saturated carbocycles. The Bertz CT molecular complexity index is 822. The maximum atomic E-state index is 14.5. The molecule has 2 N–H and O–H groups in total. The molecule has 0 aliphatic rings. The van der Waals surface area contributed by atoms with Crippen LogP contribution in [0.25, 0.3) is 11.3 Å². The van der Waals surface area contributed by atoms with Crippen molar-refractivity contribution >= 4 is 5.91 Å².